The van der Waals surface area contributed by atoms with Gasteiger partial charge in [-0.25, -0.2) is 13.1 Å². The Kier molecular flexibility index (Phi) is 5.50. The molecule has 1 saturated carbocycles. The van der Waals surface area contributed by atoms with Gasteiger partial charge in [0.15, 0.2) is 5.78 Å². The SMILES string of the molecule is O=C(CNS(=O)(=O)c1ccccc1)c1cccc(OC2CCCC2)c1. The quantitative estimate of drug-likeness (QED) is 0.771. The zero-order valence-electron chi connectivity index (χ0n) is 13.9. The highest BCUT2D eigenvalue weighted by molar-refractivity contribution is 7.89. The minimum Gasteiger partial charge on any atom is -0.490 e. The fraction of sp³-hybridized carbons (Fsp3) is 0.316. The summed E-state index contributed by atoms with van der Waals surface area (Å²) < 4.78 is 32.6. The van der Waals surface area contributed by atoms with Gasteiger partial charge in [-0.2, -0.15) is 0 Å². The average molecular weight is 359 g/mol. The molecule has 3 rings (SSSR count). The third kappa shape index (κ3) is 4.67. The summed E-state index contributed by atoms with van der Waals surface area (Å²) in [5.41, 5.74) is 0.436. The van der Waals surface area contributed by atoms with Gasteiger partial charge in [-0.3, -0.25) is 4.79 Å². The summed E-state index contributed by atoms with van der Waals surface area (Å²) >= 11 is 0. The predicted octanol–water partition coefficient (Wildman–Crippen LogP) is 3.17. The zero-order chi connectivity index (χ0) is 17.7. The van der Waals surface area contributed by atoms with Gasteiger partial charge in [-0.15, -0.1) is 0 Å². The number of Topliss-reactive ketones (excluding diaryl/α,β-unsaturated/α-hetero) is 1. The molecule has 0 heterocycles. The standard InChI is InChI=1S/C19H21NO4S/c21-19(14-20-25(22,23)18-11-2-1-3-12-18)15-7-6-10-17(13-15)24-16-8-4-5-9-16/h1-3,6-7,10-13,16,20H,4-5,8-9,14H2. The summed E-state index contributed by atoms with van der Waals surface area (Å²) in [6.07, 6.45) is 4.63. The van der Waals surface area contributed by atoms with Crippen molar-refractivity contribution in [2.24, 2.45) is 0 Å². The number of sulfonamides is 1. The summed E-state index contributed by atoms with van der Waals surface area (Å²) in [7, 11) is -3.69. The van der Waals surface area contributed by atoms with Crippen LogP contribution in [0.1, 0.15) is 36.0 Å². The van der Waals surface area contributed by atoms with Crippen LogP contribution in [0.2, 0.25) is 0 Å². The van der Waals surface area contributed by atoms with Crippen LogP contribution in [-0.4, -0.2) is 26.8 Å². The molecule has 25 heavy (non-hydrogen) atoms. The second kappa shape index (κ2) is 7.80. The van der Waals surface area contributed by atoms with Crippen molar-refractivity contribution in [1.82, 2.24) is 4.72 Å². The van der Waals surface area contributed by atoms with E-state index in [1.54, 1.807) is 36.4 Å². The van der Waals surface area contributed by atoms with E-state index >= 15 is 0 Å². The van der Waals surface area contributed by atoms with Crippen molar-refractivity contribution < 1.29 is 17.9 Å². The normalized spacial score (nSPS) is 15.2. The van der Waals surface area contributed by atoms with Gasteiger partial charge < -0.3 is 4.74 Å². The molecule has 1 fully saturated rings. The zero-order valence-corrected chi connectivity index (χ0v) is 14.7. The Morgan fingerprint density at radius 3 is 2.48 bits per heavy atom. The van der Waals surface area contributed by atoms with Crippen LogP contribution < -0.4 is 9.46 Å². The first-order chi connectivity index (χ1) is 12.0. The lowest BCUT2D eigenvalue weighted by Gasteiger charge is -2.13. The molecule has 0 unspecified atom stereocenters. The molecule has 0 radical (unpaired) electrons. The maximum atomic E-state index is 12.3. The minimum absolute atomic E-state index is 0.140. The van der Waals surface area contributed by atoms with E-state index in [2.05, 4.69) is 4.72 Å². The van der Waals surface area contributed by atoms with E-state index in [9.17, 15) is 13.2 Å². The maximum Gasteiger partial charge on any atom is 0.240 e. The van der Waals surface area contributed by atoms with Crippen molar-refractivity contribution in [1.29, 1.82) is 0 Å². The van der Waals surface area contributed by atoms with Crippen molar-refractivity contribution in [3.05, 3.63) is 60.2 Å². The first-order valence-corrected chi connectivity index (χ1v) is 9.87. The summed E-state index contributed by atoms with van der Waals surface area (Å²) in [5.74, 6) is 0.361. The summed E-state index contributed by atoms with van der Waals surface area (Å²) in [6, 6.07) is 14.9. The number of hydrogen-bond acceptors (Lipinski definition) is 4. The molecule has 2 aromatic rings. The summed E-state index contributed by atoms with van der Waals surface area (Å²) in [5, 5.41) is 0. The Morgan fingerprint density at radius 2 is 1.76 bits per heavy atom. The largest absolute Gasteiger partial charge is 0.490 e. The molecular weight excluding hydrogens is 338 g/mol. The van der Waals surface area contributed by atoms with Gasteiger partial charge in [0.05, 0.1) is 17.5 Å². The molecule has 0 spiro atoms. The van der Waals surface area contributed by atoms with Crippen LogP contribution in [-0.2, 0) is 10.0 Å². The maximum absolute atomic E-state index is 12.3. The van der Waals surface area contributed by atoms with Crippen LogP contribution in [0.15, 0.2) is 59.5 Å². The predicted molar refractivity (Wildman–Crippen MR) is 95.3 cm³/mol. The molecule has 0 bridgehead atoms. The van der Waals surface area contributed by atoms with Crippen LogP contribution in [0.3, 0.4) is 0 Å². The second-order valence-electron chi connectivity index (χ2n) is 6.11. The lowest BCUT2D eigenvalue weighted by atomic mass is 10.1. The number of nitrogens with one attached hydrogen (secondary N) is 1. The third-order valence-corrected chi connectivity index (χ3v) is 5.65. The van der Waals surface area contributed by atoms with E-state index in [0.29, 0.717) is 11.3 Å². The van der Waals surface area contributed by atoms with E-state index in [-0.39, 0.29) is 23.3 Å². The van der Waals surface area contributed by atoms with Crippen LogP contribution >= 0.6 is 0 Å². The van der Waals surface area contributed by atoms with Crippen molar-refractivity contribution in [2.75, 3.05) is 6.54 Å². The Labute approximate surface area is 148 Å². The molecule has 1 N–H and O–H groups in total. The van der Waals surface area contributed by atoms with Crippen LogP contribution in [0.5, 0.6) is 5.75 Å². The molecule has 5 nitrogen and oxygen atoms in total. The fourth-order valence-corrected chi connectivity index (χ4v) is 3.89. The number of carbonyl (C=O) groups excluding carboxylic acids is 1. The van der Waals surface area contributed by atoms with E-state index in [4.69, 9.17) is 4.74 Å². The van der Waals surface area contributed by atoms with E-state index in [1.807, 2.05) is 6.07 Å². The van der Waals surface area contributed by atoms with Gasteiger partial charge in [-0.1, -0.05) is 30.3 Å². The molecular formula is C19H21NO4S. The van der Waals surface area contributed by atoms with Crippen LogP contribution in [0.25, 0.3) is 0 Å². The van der Waals surface area contributed by atoms with Crippen molar-refractivity contribution >= 4 is 15.8 Å². The number of carbonyl (C=O) groups is 1. The molecule has 0 saturated heterocycles. The fourth-order valence-electron chi connectivity index (χ4n) is 2.89. The van der Waals surface area contributed by atoms with Gasteiger partial charge in [0, 0.05) is 5.56 Å². The highest BCUT2D eigenvalue weighted by Gasteiger charge is 2.18. The first kappa shape index (κ1) is 17.6. The number of ketones is 1. The van der Waals surface area contributed by atoms with Gasteiger partial charge in [0.2, 0.25) is 10.0 Å². The Bertz CT molecular complexity index is 828. The molecule has 1 aliphatic carbocycles. The molecule has 6 heteroatoms. The lowest BCUT2D eigenvalue weighted by molar-refractivity contribution is 0.0996. The first-order valence-electron chi connectivity index (χ1n) is 8.39. The molecule has 132 valence electrons. The van der Waals surface area contributed by atoms with Crippen molar-refractivity contribution in [3.63, 3.8) is 0 Å². The average Bonchev–Trinajstić information content (AvgIpc) is 3.14. The van der Waals surface area contributed by atoms with E-state index in [0.717, 1.165) is 12.8 Å². The topological polar surface area (TPSA) is 72.5 Å². The van der Waals surface area contributed by atoms with Gasteiger partial charge in [0.1, 0.15) is 5.75 Å². The van der Waals surface area contributed by atoms with Gasteiger partial charge in [-0.05, 0) is 49.9 Å². The van der Waals surface area contributed by atoms with Crippen molar-refractivity contribution in [3.8, 4) is 5.75 Å². The Hall–Kier alpha value is -2.18. The minimum atomic E-state index is -3.69. The molecule has 1 aliphatic rings. The molecule has 0 aromatic heterocycles. The smallest absolute Gasteiger partial charge is 0.240 e. The summed E-state index contributed by atoms with van der Waals surface area (Å²) in [4.78, 5) is 12.5. The lowest BCUT2D eigenvalue weighted by Crippen LogP contribution is -2.29. The van der Waals surface area contributed by atoms with Crippen LogP contribution in [0.4, 0.5) is 0 Å². The van der Waals surface area contributed by atoms with Gasteiger partial charge in [0.25, 0.3) is 0 Å². The highest BCUT2D eigenvalue weighted by atomic mass is 32.2. The highest BCUT2D eigenvalue weighted by Crippen LogP contribution is 2.24. The van der Waals surface area contributed by atoms with E-state index < -0.39 is 10.0 Å². The van der Waals surface area contributed by atoms with Crippen molar-refractivity contribution in [2.45, 2.75) is 36.7 Å². The molecule has 0 amide bonds. The number of ether oxygens (including phenoxy) is 1. The summed E-state index contributed by atoms with van der Waals surface area (Å²) in [6.45, 7) is -0.288. The molecule has 2 aromatic carbocycles. The molecule has 0 atom stereocenters. The Balaban J connectivity index is 1.63. The van der Waals surface area contributed by atoms with E-state index in [1.165, 1.54) is 25.0 Å². The second-order valence-corrected chi connectivity index (χ2v) is 7.88. The monoisotopic (exact) mass is 359 g/mol. The number of rotatable bonds is 7. The number of hydrogen-bond donors (Lipinski definition) is 1. The Morgan fingerprint density at radius 1 is 1.04 bits per heavy atom. The number of benzene rings is 2. The van der Waals surface area contributed by atoms with Gasteiger partial charge >= 0.3 is 0 Å². The van der Waals surface area contributed by atoms with Crippen LogP contribution in [0, 0.1) is 0 Å². The molecule has 0 aliphatic heterocycles. The third-order valence-electron chi connectivity index (χ3n) is 4.24.